The zero-order valence-corrected chi connectivity index (χ0v) is 13.1. The van der Waals surface area contributed by atoms with Gasteiger partial charge in [-0.15, -0.1) is 0 Å². The van der Waals surface area contributed by atoms with Gasteiger partial charge in [0.2, 0.25) is 0 Å². The Morgan fingerprint density at radius 1 is 1.43 bits per heavy atom. The van der Waals surface area contributed by atoms with E-state index in [4.69, 9.17) is 15.9 Å². The van der Waals surface area contributed by atoms with Crippen molar-refractivity contribution in [2.75, 3.05) is 13.7 Å². The van der Waals surface area contributed by atoms with Gasteiger partial charge < -0.3 is 10.5 Å². The van der Waals surface area contributed by atoms with Gasteiger partial charge in [-0.05, 0) is 24.6 Å². The van der Waals surface area contributed by atoms with E-state index in [2.05, 4.69) is 15.1 Å². The Balaban J connectivity index is 2.25. The van der Waals surface area contributed by atoms with Crippen LogP contribution in [0.5, 0.6) is 0 Å². The summed E-state index contributed by atoms with van der Waals surface area (Å²) in [5.41, 5.74) is 9.63. The quantitative estimate of drug-likeness (QED) is 0.550. The molecule has 0 aliphatic rings. The molecule has 3 rings (SSSR count). The van der Waals surface area contributed by atoms with Crippen LogP contribution >= 0.6 is 0 Å². The average molecular weight is 310 g/mol. The zero-order valence-electron chi connectivity index (χ0n) is 13.1. The lowest BCUT2D eigenvalue weighted by molar-refractivity contribution is 0.200. The van der Waals surface area contributed by atoms with Gasteiger partial charge in [0.1, 0.15) is 5.84 Å². The van der Waals surface area contributed by atoms with Gasteiger partial charge in [0.15, 0.2) is 11.5 Å². The first-order chi connectivity index (χ1) is 11.1. The number of pyridine rings is 2. The summed E-state index contributed by atoms with van der Waals surface area (Å²) in [6.45, 7) is 2.49. The maximum absolute atomic E-state index is 7.98. The number of nitrogens with one attached hydrogen (secondary N) is 1. The Morgan fingerprint density at radius 2 is 2.26 bits per heavy atom. The molecule has 7 heteroatoms. The van der Waals surface area contributed by atoms with E-state index in [9.17, 15) is 0 Å². The van der Waals surface area contributed by atoms with Crippen LogP contribution in [0.3, 0.4) is 0 Å². The van der Waals surface area contributed by atoms with Crippen molar-refractivity contribution >= 4 is 11.5 Å². The first kappa shape index (κ1) is 15.1. The van der Waals surface area contributed by atoms with Gasteiger partial charge in [0.25, 0.3) is 0 Å². The van der Waals surface area contributed by atoms with E-state index in [-0.39, 0.29) is 5.84 Å². The number of nitrogens with zero attached hydrogens (tertiary/aromatic N) is 4. The summed E-state index contributed by atoms with van der Waals surface area (Å²) < 4.78 is 6.80. The summed E-state index contributed by atoms with van der Waals surface area (Å²) in [5, 5.41) is 12.5. The van der Waals surface area contributed by atoms with E-state index < -0.39 is 0 Å². The number of methoxy groups -OCH3 is 1. The summed E-state index contributed by atoms with van der Waals surface area (Å²) in [7, 11) is 1.64. The van der Waals surface area contributed by atoms with Gasteiger partial charge in [-0.2, -0.15) is 5.10 Å². The van der Waals surface area contributed by atoms with Crippen LogP contribution in [0.25, 0.3) is 16.8 Å². The second kappa shape index (κ2) is 6.13. The lowest BCUT2D eigenvalue weighted by Gasteiger charge is -2.11. The SMILES string of the molecule is COCCc1nc2c(C(=N)N)c(-c3cccnc3)cc(C)n2n1. The molecule has 0 aromatic carbocycles. The van der Waals surface area contributed by atoms with Crippen LogP contribution in [0.4, 0.5) is 0 Å². The maximum atomic E-state index is 7.98. The van der Waals surface area contributed by atoms with E-state index in [1.54, 1.807) is 24.0 Å². The molecule has 3 heterocycles. The Morgan fingerprint density at radius 3 is 2.91 bits per heavy atom. The molecule has 0 aliphatic carbocycles. The summed E-state index contributed by atoms with van der Waals surface area (Å²) in [6.07, 6.45) is 4.07. The zero-order chi connectivity index (χ0) is 16.4. The molecule has 0 radical (unpaired) electrons. The minimum Gasteiger partial charge on any atom is -0.384 e. The fourth-order valence-corrected chi connectivity index (χ4v) is 2.54. The molecule has 0 unspecified atom stereocenters. The molecular formula is C16H18N6O. The lowest BCUT2D eigenvalue weighted by Crippen LogP contribution is -2.15. The monoisotopic (exact) mass is 310 g/mol. The van der Waals surface area contributed by atoms with Crippen molar-refractivity contribution in [1.29, 1.82) is 5.41 Å². The summed E-state index contributed by atoms with van der Waals surface area (Å²) in [6, 6.07) is 5.75. The van der Waals surface area contributed by atoms with Crippen molar-refractivity contribution in [1.82, 2.24) is 19.6 Å². The second-order valence-corrected chi connectivity index (χ2v) is 5.24. The summed E-state index contributed by atoms with van der Waals surface area (Å²) in [4.78, 5) is 8.70. The van der Waals surface area contributed by atoms with E-state index in [1.807, 2.05) is 25.1 Å². The molecule has 3 aromatic heterocycles. The molecule has 23 heavy (non-hydrogen) atoms. The highest BCUT2D eigenvalue weighted by molar-refractivity contribution is 6.06. The number of aryl methyl sites for hydroxylation is 1. The van der Waals surface area contributed by atoms with Crippen molar-refractivity contribution in [2.24, 2.45) is 5.73 Å². The number of nitrogen functional groups attached to an aromatic ring is 1. The van der Waals surface area contributed by atoms with Crippen LogP contribution in [-0.2, 0) is 11.2 Å². The van der Waals surface area contributed by atoms with Crippen LogP contribution in [0.15, 0.2) is 30.6 Å². The molecule has 0 fully saturated rings. The van der Waals surface area contributed by atoms with E-state index in [0.29, 0.717) is 30.1 Å². The number of ether oxygens (including phenoxy) is 1. The van der Waals surface area contributed by atoms with Gasteiger partial charge in [-0.3, -0.25) is 10.4 Å². The van der Waals surface area contributed by atoms with Crippen LogP contribution in [0.2, 0.25) is 0 Å². The molecule has 7 nitrogen and oxygen atoms in total. The van der Waals surface area contributed by atoms with Crippen LogP contribution < -0.4 is 5.73 Å². The highest BCUT2D eigenvalue weighted by atomic mass is 16.5. The highest BCUT2D eigenvalue weighted by Crippen LogP contribution is 2.27. The third-order valence-corrected chi connectivity index (χ3v) is 3.60. The van der Waals surface area contributed by atoms with E-state index in [1.165, 1.54) is 0 Å². The number of hydrogen-bond acceptors (Lipinski definition) is 5. The van der Waals surface area contributed by atoms with Crippen molar-refractivity contribution in [3.05, 3.63) is 47.7 Å². The summed E-state index contributed by atoms with van der Waals surface area (Å²) in [5.74, 6) is 0.625. The summed E-state index contributed by atoms with van der Waals surface area (Å²) >= 11 is 0. The molecule has 0 bridgehead atoms. The predicted octanol–water partition coefficient (Wildman–Crippen LogP) is 1.57. The molecule has 3 aromatic rings. The Labute approximate surface area is 133 Å². The van der Waals surface area contributed by atoms with Crippen molar-refractivity contribution in [3.8, 4) is 11.1 Å². The number of aromatic nitrogens is 4. The third-order valence-electron chi connectivity index (χ3n) is 3.60. The molecule has 0 spiro atoms. The fourth-order valence-electron chi connectivity index (χ4n) is 2.54. The van der Waals surface area contributed by atoms with Crippen molar-refractivity contribution in [2.45, 2.75) is 13.3 Å². The van der Waals surface area contributed by atoms with E-state index in [0.717, 1.165) is 16.8 Å². The lowest BCUT2D eigenvalue weighted by atomic mass is 10.0. The van der Waals surface area contributed by atoms with Crippen LogP contribution in [0, 0.1) is 12.3 Å². The molecule has 118 valence electrons. The van der Waals surface area contributed by atoms with Crippen LogP contribution in [-0.4, -0.2) is 39.1 Å². The molecule has 0 atom stereocenters. The van der Waals surface area contributed by atoms with Crippen molar-refractivity contribution < 1.29 is 4.74 Å². The fraction of sp³-hybridized carbons (Fsp3) is 0.250. The van der Waals surface area contributed by atoms with Crippen LogP contribution in [0.1, 0.15) is 17.1 Å². The average Bonchev–Trinajstić information content (AvgIpc) is 2.97. The maximum Gasteiger partial charge on any atom is 0.167 e. The molecule has 0 amide bonds. The third kappa shape index (κ3) is 2.78. The molecular weight excluding hydrogens is 292 g/mol. The molecule has 0 aliphatic heterocycles. The highest BCUT2D eigenvalue weighted by Gasteiger charge is 2.18. The minimum atomic E-state index is -0.0421. The standard InChI is InChI=1S/C16H18N6O/c1-10-8-12(11-4-3-6-19-9-11)14(15(17)18)16-20-13(5-7-23-2)21-22(10)16/h3-4,6,8-9H,5,7H2,1-2H3,(H3,17,18). The van der Waals surface area contributed by atoms with Gasteiger partial charge >= 0.3 is 0 Å². The minimum absolute atomic E-state index is 0.0421. The van der Waals surface area contributed by atoms with Gasteiger partial charge in [-0.25, -0.2) is 9.50 Å². The normalized spacial score (nSPS) is 11.0. The first-order valence-electron chi connectivity index (χ1n) is 7.24. The molecule has 0 saturated carbocycles. The number of hydrogen-bond donors (Lipinski definition) is 2. The number of amidine groups is 1. The van der Waals surface area contributed by atoms with Gasteiger partial charge in [-0.1, -0.05) is 6.07 Å². The van der Waals surface area contributed by atoms with Gasteiger partial charge in [0.05, 0.1) is 12.2 Å². The number of fused-ring (bicyclic) bond motifs is 1. The number of rotatable bonds is 5. The molecule has 0 saturated heterocycles. The smallest absolute Gasteiger partial charge is 0.167 e. The van der Waals surface area contributed by atoms with E-state index >= 15 is 0 Å². The Hall–Kier alpha value is -2.80. The number of nitrogens with two attached hydrogens (primary N) is 1. The largest absolute Gasteiger partial charge is 0.384 e. The van der Waals surface area contributed by atoms with Gasteiger partial charge in [0, 0.05) is 37.2 Å². The topological polar surface area (TPSA) is 102 Å². The first-order valence-corrected chi connectivity index (χ1v) is 7.24. The van der Waals surface area contributed by atoms with Crippen molar-refractivity contribution in [3.63, 3.8) is 0 Å². The second-order valence-electron chi connectivity index (χ2n) is 5.24. The predicted molar refractivity (Wildman–Crippen MR) is 87.6 cm³/mol. The Kier molecular flexibility index (Phi) is 4.03. The molecule has 3 N–H and O–H groups in total. The Bertz CT molecular complexity index is 856.